The van der Waals surface area contributed by atoms with Crippen LogP contribution in [0.2, 0.25) is 0 Å². The van der Waals surface area contributed by atoms with Crippen LogP contribution in [0.4, 0.5) is 0 Å². The fourth-order valence-electron chi connectivity index (χ4n) is 2.90. The topological polar surface area (TPSA) is 56.6 Å². The molecule has 1 aliphatic rings. The van der Waals surface area contributed by atoms with E-state index in [1.165, 1.54) is 5.56 Å². The maximum Gasteiger partial charge on any atom is 0.266 e. The summed E-state index contributed by atoms with van der Waals surface area (Å²) in [5.74, 6) is 0. The average Bonchev–Trinajstić information content (AvgIpc) is 2.39. The van der Waals surface area contributed by atoms with Crippen LogP contribution in [0.1, 0.15) is 30.5 Å². The molecule has 0 unspecified atom stereocenters. The molecule has 0 atom stereocenters. The number of hydrogen-bond donors (Lipinski definition) is 1. The fraction of sp³-hybridized carbons (Fsp3) is 0.250. The molecule has 1 aromatic carbocycles. The molecule has 1 N–H and O–H groups in total. The number of aromatic nitrogens is 1. The Hall–Kier alpha value is -2.34. The summed E-state index contributed by atoms with van der Waals surface area (Å²) in [5, 5.41) is 8.98. The lowest BCUT2D eigenvalue weighted by Gasteiger charge is -2.33. The summed E-state index contributed by atoms with van der Waals surface area (Å²) in [6.07, 6.45) is 0.824. The van der Waals surface area contributed by atoms with Gasteiger partial charge in [-0.05, 0) is 29.0 Å². The van der Waals surface area contributed by atoms with Gasteiger partial charge >= 0.3 is 0 Å². The first-order chi connectivity index (χ1) is 9.03. The Bertz CT molecular complexity index is 763. The van der Waals surface area contributed by atoms with Crippen LogP contribution in [0.25, 0.3) is 11.3 Å². The molecule has 19 heavy (non-hydrogen) atoms. The van der Waals surface area contributed by atoms with Gasteiger partial charge in [-0.25, -0.2) is 0 Å². The van der Waals surface area contributed by atoms with Gasteiger partial charge < -0.3 is 4.98 Å². The molecule has 0 saturated carbocycles. The van der Waals surface area contributed by atoms with Gasteiger partial charge in [-0.1, -0.05) is 38.1 Å². The predicted molar refractivity (Wildman–Crippen MR) is 73.9 cm³/mol. The standard InChI is InChI=1S/C16H14N2O/c1-16(2)8-10-7-11(9-17)15(19)18-14(10)12-5-3-4-6-13(12)16/h3-7H,8H2,1-2H3,(H,18,19). The molecule has 0 spiro atoms. The Morgan fingerprint density at radius 3 is 2.79 bits per heavy atom. The molecule has 94 valence electrons. The van der Waals surface area contributed by atoms with E-state index in [1.54, 1.807) is 6.07 Å². The number of benzene rings is 1. The van der Waals surface area contributed by atoms with Gasteiger partial charge in [-0.2, -0.15) is 5.26 Å². The van der Waals surface area contributed by atoms with Gasteiger partial charge in [0, 0.05) is 5.56 Å². The third-order valence-electron chi connectivity index (χ3n) is 3.80. The molecule has 3 rings (SSSR count). The third kappa shape index (κ3) is 1.68. The Kier molecular flexibility index (Phi) is 2.36. The van der Waals surface area contributed by atoms with Gasteiger partial charge in [0.05, 0.1) is 5.69 Å². The van der Waals surface area contributed by atoms with Crippen LogP contribution in [-0.4, -0.2) is 4.98 Å². The van der Waals surface area contributed by atoms with Gasteiger partial charge in [0.2, 0.25) is 0 Å². The second-order valence-corrected chi connectivity index (χ2v) is 5.63. The fourth-order valence-corrected chi connectivity index (χ4v) is 2.90. The molecule has 1 heterocycles. The number of H-pyrrole nitrogens is 1. The van der Waals surface area contributed by atoms with Crippen LogP contribution < -0.4 is 5.56 Å². The SMILES string of the molecule is CC1(C)Cc2cc(C#N)c(=O)[nH]c2-c2ccccc21. The zero-order valence-corrected chi connectivity index (χ0v) is 10.9. The van der Waals surface area contributed by atoms with E-state index in [4.69, 9.17) is 5.26 Å². The zero-order chi connectivity index (χ0) is 13.6. The van der Waals surface area contributed by atoms with Crippen molar-refractivity contribution in [1.29, 1.82) is 5.26 Å². The molecule has 3 heteroatoms. The summed E-state index contributed by atoms with van der Waals surface area (Å²) < 4.78 is 0. The van der Waals surface area contributed by atoms with E-state index >= 15 is 0 Å². The third-order valence-corrected chi connectivity index (χ3v) is 3.80. The van der Waals surface area contributed by atoms with Crippen LogP contribution >= 0.6 is 0 Å². The molecule has 0 saturated heterocycles. The van der Waals surface area contributed by atoms with Crippen LogP contribution in [-0.2, 0) is 11.8 Å². The van der Waals surface area contributed by atoms with Crippen molar-refractivity contribution in [1.82, 2.24) is 4.98 Å². The molecule has 0 aliphatic heterocycles. The summed E-state index contributed by atoms with van der Waals surface area (Å²) in [6.45, 7) is 4.37. The first-order valence-corrected chi connectivity index (χ1v) is 6.29. The van der Waals surface area contributed by atoms with Gasteiger partial charge in [0.1, 0.15) is 11.6 Å². The van der Waals surface area contributed by atoms with Gasteiger partial charge in [-0.15, -0.1) is 0 Å². The van der Waals surface area contributed by atoms with E-state index in [0.29, 0.717) is 0 Å². The molecule has 0 radical (unpaired) electrons. The van der Waals surface area contributed by atoms with Gasteiger partial charge in [0.25, 0.3) is 5.56 Å². The van der Waals surface area contributed by atoms with Crippen molar-refractivity contribution in [3.05, 3.63) is 57.4 Å². The van der Waals surface area contributed by atoms with E-state index in [9.17, 15) is 4.79 Å². The normalized spacial score (nSPS) is 15.2. The van der Waals surface area contributed by atoms with Crippen molar-refractivity contribution in [3.63, 3.8) is 0 Å². The van der Waals surface area contributed by atoms with Gasteiger partial charge in [-0.3, -0.25) is 4.79 Å². The number of hydrogen-bond acceptors (Lipinski definition) is 2. The minimum absolute atomic E-state index is 0.00849. The lowest BCUT2D eigenvalue weighted by atomic mass is 9.71. The van der Waals surface area contributed by atoms with E-state index in [0.717, 1.165) is 23.2 Å². The average molecular weight is 250 g/mol. The van der Waals surface area contributed by atoms with Crippen LogP contribution in [0.15, 0.2) is 35.1 Å². The second kappa shape index (κ2) is 3.83. The van der Waals surface area contributed by atoms with Crippen LogP contribution in [0, 0.1) is 11.3 Å². The summed E-state index contributed by atoms with van der Waals surface area (Å²) in [7, 11) is 0. The van der Waals surface area contributed by atoms with Crippen molar-refractivity contribution in [3.8, 4) is 17.3 Å². The number of aromatic amines is 1. The van der Waals surface area contributed by atoms with Crippen molar-refractivity contribution >= 4 is 0 Å². The molecular formula is C16H14N2O. The number of nitrogens with zero attached hydrogens (tertiary/aromatic N) is 1. The number of rotatable bonds is 0. The Morgan fingerprint density at radius 1 is 1.32 bits per heavy atom. The summed E-state index contributed by atoms with van der Waals surface area (Å²) in [6, 6.07) is 11.8. The van der Waals surface area contributed by atoms with E-state index in [1.807, 2.05) is 24.3 Å². The number of pyridine rings is 1. The first kappa shape index (κ1) is 11.7. The van der Waals surface area contributed by atoms with Crippen molar-refractivity contribution in [2.24, 2.45) is 0 Å². The molecule has 2 aromatic rings. The highest BCUT2D eigenvalue weighted by molar-refractivity contribution is 5.72. The largest absolute Gasteiger partial charge is 0.321 e. The molecule has 0 bridgehead atoms. The zero-order valence-electron chi connectivity index (χ0n) is 10.9. The Morgan fingerprint density at radius 2 is 2.05 bits per heavy atom. The van der Waals surface area contributed by atoms with Crippen molar-refractivity contribution < 1.29 is 0 Å². The Balaban J connectivity index is 2.36. The quantitative estimate of drug-likeness (QED) is 0.781. The molecule has 1 aromatic heterocycles. The maximum absolute atomic E-state index is 11.8. The number of nitrogens with one attached hydrogen (secondary N) is 1. The molecular weight excluding hydrogens is 236 g/mol. The van der Waals surface area contributed by atoms with E-state index in [2.05, 4.69) is 24.9 Å². The summed E-state index contributed by atoms with van der Waals surface area (Å²) in [4.78, 5) is 14.7. The molecule has 0 amide bonds. The van der Waals surface area contributed by atoms with E-state index in [-0.39, 0.29) is 16.5 Å². The highest BCUT2D eigenvalue weighted by Gasteiger charge is 2.31. The van der Waals surface area contributed by atoms with Crippen LogP contribution in [0.3, 0.4) is 0 Å². The summed E-state index contributed by atoms with van der Waals surface area (Å²) in [5.41, 5.74) is 4.09. The monoisotopic (exact) mass is 250 g/mol. The lowest BCUT2D eigenvalue weighted by molar-refractivity contribution is 0.515. The van der Waals surface area contributed by atoms with Gasteiger partial charge in [0.15, 0.2) is 0 Å². The van der Waals surface area contributed by atoms with Crippen molar-refractivity contribution in [2.75, 3.05) is 0 Å². The number of fused-ring (bicyclic) bond motifs is 3. The molecule has 3 nitrogen and oxygen atoms in total. The second-order valence-electron chi connectivity index (χ2n) is 5.63. The lowest BCUT2D eigenvalue weighted by Crippen LogP contribution is -2.28. The summed E-state index contributed by atoms with van der Waals surface area (Å²) >= 11 is 0. The molecule has 1 aliphatic carbocycles. The van der Waals surface area contributed by atoms with Crippen LogP contribution in [0.5, 0.6) is 0 Å². The smallest absolute Gasteiger partial charge is 0.266 e. The maximum atomic E-state index is 11.8. The van der Waals surface area contributed by atoms with E-state index < -0.39 is 0 Å². The van der Waals surface area contributed by atoms with Crippen molar-refractivity contribution in [2.45, 2.75) is 25.7 Å². The number of nitriles is 1. The predicted octanol–water partition coefficient (Wildman–Crippen LogP) is 2.75. The highest BCUT2D eigenvalue weighted by Crippen LogP contribution is 2.41. The Labute approximate surface area is 111 Å². The highest BCUT2D eigenvalue weighted by atomic mass is 16.1. The minimum Gasteiger partial charge on any atom is -0.321 e. The minimum atomic E-state index is -0.309. The molecule has 0 fully saturated rings. The first-order valence-electron chi connectivity index (χ1n) is 6.29.